The molecule has 0 bridgehead atoms. The zero-order valence-corrected chi connectivity index (χ0v) is 21.9. The van der Waals surface area contributed by atoms with Crippen molar-refractivity contribution in [3.05, 3.63) is 59.3 Å². The lowest BCUT2D eigenvalue weighted by Gasteiger charge is -2.34. The van der Waals surface area contributed by atoms with Crippen LogP contribution >= 0.6 is 0 Å². The Hall–Kier alpha value is -3.79. The molecule has 0 fully saturated rings. The fraction of sp³-hybridized carbons (Fsp3) is 0.393. The van der Waals surface area contributed by atoms with Crippen LogP contribution in [-0.2, 0) is 17.8 Å². The highest BCUT2D eigenvalue weighted by molar-refractivity contribution is 5.75. The molecule has 2 aliphatic rings. The van der Waals surface area contributed by atoms with Crippen molar-refractivity contribution in [1.29, 1.82) is 0 Å². The normalized spacial score (nSPS) is 15.1. The molecule has 1 aromatic heterocycles. The van der Waals surface area contributed by atoms with Crippen molar-refractivity contribution in [3.63, 3.8) is 0 Å². The lowest BCUT2D eigenvalue weighted by Crippen LogP contribution is -2.38. The maximum Gasteiger partial charge on any atom is 0.227 e. The highest BCUT2D eigenvalue weighted by Crippen LogP contribution is 2.39. The van der Waals surface area contributed by atoms with Crippen molar-refractivity contribution in [2.24, 2.45) is 0 Å². The van der Waals surface area contributed by atoms with Crippen LogP contribution < -0.4 is 20.3 Å². The molecule has 3 heterocycles. The fourth-order valence-electron chi connectivity index (χ4n) is 5.00. The SMILES string of the molecule is CNC(=O)CCN1CCc2cc(Nc3ncc(F)c(-c4cc(F)c5c(c4)N(C(C)C)CCO5)n3)ccc2C1. The maximum atomic E-state index is 15.0. The Morgan fingerprint density at radius 3 is 2.76 bits per heavy atom. The van der Waals surface area contributed by atoms with Crippen LogP contribution in [0.25, 0.3) is 11.3 Å². The first-order chi connectivity index (χ1) is 18.3. The van der Waals surface area contributed by atoms with Crippen molar-refractivity contribution in [2.75, 3.05) is 43.5 Å². The molecule has 0 spiro atoms. The smallest absolute Gasteiger partial charge is 0.227 e. The Bertz CT molecular complexity index is 1350. The minimum absolute atomic E-state index is 0.0168. The van der Waals surface area contributed by atoms with Gasteiger partial charge in [-0.1, -0.05) is 6.07 Å². The van der Waals surface area contributed by atoms with E-state index in [0.29, 0.717) is 30.8 Å². The summed E-state index contributed by atoms with van der Waals surface area (Å²) < 4.78 is 35.4. The number of amides is 1. The van der Waals surface area contributed by atoms with Crippen molar-refractivity contribution in [2.45, 2.75) is 39.3 Å². The number of carbonyl (C=O) groups excluding carboxylic acids is 1. The topological polar surface area (TPSA) is 82.6 Å². The number of fused-ring (bicyclic) bond motifs is 2. The summed E-state index contributed by atoms with van der Waals surface area (Å²) in [7, 11) is 1.65. The van der Waals surface area contributed by atoms with Crippen molar-refractivity contribution >= 4 is 23.2 Å². The number of nitrogens with one attached hydrogen (secondary N) is 2. The van der Waals surface area contributed by atoms with Gasteiger partial charge in [-0.25, -0.2) is 18.7 Å². The lowest BCUT2D eigenvalue weighted by atomic mass is 9.99. The molecular formula is C28H32F2N6O2. The zero-order valence-electron chi connectivity index (χ0n) is 21.9. The number of hydrogen-bond acceptors (Lipinski definition) is 7. The van der Waals surface area contributed by atoms with Crippen LogP contribution in [0.2, 0.25) is 0 Å². The summed E-state index contributed by atoms with van der Waals surface area (Å²) in [5.74, 6) is -0.737. The van der Waals surface area contributed by atoms with E-state index >= 15 is 0 Å². The van der Waals surface area contributed by atoms with Gasteiger partial charge in [0.1, 0.15) is 12.3 Å². The summed E-state index contributed by atoms with van der Waals surface area (Å²) in [5, 5.41) is 5.83. The van der Waals surface area contributed by atoms with Crippen LogP contribution in [-0.4, -0.2) is 60.1 Å². The summed E-state index contributed by atoms with van der Waals surface area (Å²) in [6, 6.07) is 9.14. The van der Waals surface area contributed by atoms with E-state index in [1.54, 1.807) is 13.1 Å². The molecule has 2 aliphatic heterocycles. The number of carbonyl (C=O) groups is 1. The maximum absolute atomic E-state index is 15.0. The second kappa shape index (κ2) is 10.9. The standard InChI is InChI=1S/C28H32F2N6O2/c1-17(2)36-10-11-38-27-22(29)13-20(14-24(27)36)26-23(30)15-32-28(34-26)33-21-5-4-19-16-35(8-6-18(19)12-21)9-7-25(37)31-3/h4-5,12-15,17H,6-11,16H2,1-3H3,(H,31,37)(H,32,33,34). The number of hydrogen-bond donors (Lipinski definition) is 2. The highest BCUT2D eigenvalue weighted by atomic mass is 19.1. The number of aromatic nitrogens is 2. The number of nitrogens with zero attached hydrogens (tertiary/aromatic N) is 4. The average Bonchev–Trinajstić information content (AvgIpc) is 2.92. The molecule has 0 unspecified atom stereocenters. The molecule has 0 aliphatic carbocycles. The summed E-state index contributed by atoms with van der Waals surface area (Å²) in [6.45, 7) is 7.43. The van der Waals surface area contributed by atoms with E-state index < -0.39 is 11.6 Å². The third kappa shape index (κ3) is 5.40. The van der Waals surface area contributed by atoms with Crippen LogP contribution in [0.4, 0.5) is 26.1 Å². The number of halogens is 2. The van der Waals surface area contributed by atoms with Gasteiger partial charge in [-0.05, 0) is 55.7 Å². The quantitative estimate of drug-likeness (QED) is 0.480. The Balaban J connectivity index is 1.36. The molecule has 8 nitrogen and oxygen atoms in total. The van der Waals surface area contributed by atoms with Crippen LogP contribution in [0, 0.1) is 11.6 Å². The Labute approximate surface area is 221 Å². The van der Waals surface area contributed by atoms with Gasteiger partial charge in [0.2, 0.25) is 11.9 Å². The van der Waals surface area contributed by atoms with Gasteiger partial charge in [0.25, 0.3) is 0 Å². The second-order valence-electron chi connectivity index (χ2n) is 9.89. The molecule has 1 amide bonds. The predicted molar refractivity (Wildman–Crippen MR) is 143 cm³/mol. The monoisotopic (exact) mass is 522 g/mol. The average molecular weight is 523 g/mol. The highest BCUT2D eigenvalue weighted by Gasteiger charge is 2.26. The van der Waals surface area contributed by atoms with Gasteiger partial charge in [0, 0.05) is 50.4 Å². The van der Waals surface area contributed by atoms with E-state index in [-0.39, 0.29) is 29.3 Å². The molecule has 0 saturated heterocycles. The molecule has 2 N–H and O–H groups in total. The van der Waals surface area contributed by atoms with Gasteiger partial charge in [-0.2, -0.15) is 0 Å². The van der Waals surface area contributed by atoms with Crippen LogP contribution in [0.3, 0.4) is 0 Å². The van der Waals surface area contributed by atoms with Crippen molar-refractivity contribution in [1.82, 2.24) is 20.2 Å². The van der Waals surface area contributed by atoms with E-state index in [9.17, 15) is 13.6 Å². The van der Waals surface area contributed by atoms with Gasteiger partial charge >= 0.3 is 0 Å². The van der Waals surface area contributed by atoms with Gasteiger partial charge < -0.3 is 20.3 Å². The lowest BCUT2D eigenvalue weighted by molar-refractivity contribution is -0.121. The third-order valence-corrected chi connectivity index (χ3v) is 7.04. The molecule has 0 radical (unpaired) electrons. The molecule has 0 atom stereocenters. The van der Waals surface area contributed by atoms with Gasteiger partial charge in [0.05, 0.1) is 18.4 Å². The minimum Gasteiger partial charge on any atom is -0.486 e. The molecule has 0 saturated carbocycles. The number of rotatable bonds is 7. The fourth-order valence-corrected chi connectivity index (χ4v) is 5.00. The van der Waals surface area contributed by atoms with E-state index in [4.69, 9.17) is 4.74 Å². The first kappa shape index (κ1) is 25.8. The molecule has 5 rings (SSSR count). The van der Waals surface area contributed by atoms with Crippen molar-refractivity contribution in [3.8, 4) is 17.0 Å². The van der Waals surface area contributed by atoms with Crippen molar-refractivity contribution < 1.29 is 18.3 Å². The molecular weight excluding hydrogens is 490 g/mol. The molecule has 2 aromatic carbocycles. The Kier molecular flexibility index (Phi) is 7.42. The van der Waals surface area contributed by atoms with E-state index in [0.717, 1.165) is 37.9 Å². The summed E-state index contributed by atoms with van der Waals surface area (Å²) >= 11 is 0. The van der Waals surface area contributed by atoms with E-state index in [1.807, 2.05) is 36.9 Å². The molecule has 10 heteroatoms. The van der Waals surface area contributed by atoms with Gasteiger partial charge in [0.15, 0.2) is 17.4 Å². The summed E-state index contributed by atoms with van der Waals surface area (Å²) in [6.07, 6.45) is 2.44. The second-order valence-corrected chi connectivity index (χ2v) is 9.89. The van der Waals surface area contributed by atoms with Crippen LogP contribution in [0.15, 0.2) is 36.5 Å². The summed E-state index contributed by atoms with van der Waals surface area (Å²) in [5.41, 5.74) is 4.13. The molecule has 38 heavy (non-hydrogen) atoms. The van der Waals surface area contributed by atoms with E-state index in [1.165, 1.54) is 17.2 Å². The van der Waals surface area contributed by atoms with E-state index in [2.05, 4.69) is 25.5 Å². The first-order valence-corrected chi connectivity index (χ1v) is 12.9. The van der Waals surface area contributed by atoms with Gasteiger partial charge in [-0.15, -0.1) is 0 Å². The number of benzene rings is 2. The Morgan fingerprint density at radius 2 is 1.97 bits per heavy atom. The number of anilines is 3. The zero-order chi connectivity index (χ0) is 26.8. The first-order valence-electron chi connectivity index (χ1n) is 12.9. The minimum atomic E-state index is -0.634. The molecule has 200 valence electrons. The Morgan fingerprint density at radius 1 is 1.13 bits per heavy atom. The van der Waals surface area contributed by atoms with Crippen LogP contribution in [0.5, 0.6) is 5.75 Å². The largest absolute Gasteiger partial charge is 0.486 e. The van der Waals surface area contributed by atoms with Crippen LogP contribution in [0.1, 0.15) is 31.4 Å². The van der Waals surface area contributed by atoms with Gasteiger partial charge in [-0.3, -0.25) is 9.69 Å². The molecule has 3 aromatic rings. The number of ether oxygens (including phenoxy) is 1. The predicted octanol–water partition coefficient (Wildman–Crippen LogP) is 4.27. The summed E-state index contributed by atoms with van der Waals surface area (Å²) in [4.78, 5) is 24.4. The third-order valence-electron chi connectivity index (χ3n) is 7.04.